The number of rotatable bonds is 3. The van der Waals surface area contributed by atoms with Crippen molar-refractivity contribution >= 4 is 0 Å². The van der Waals surface area contributed by atoms with Crippen LogP contribution in [0.15, 0.2) is 0 Å². The summed E-state index contributed by atoms with van der Waals surface area (Å²) < 4.78 is 0. The first-order valence-electron chi connectivity index (χ1n) is 5.42. The van der Waals surface area contributed by atoms with E-state index in [1.54, 1.807) is 0 Å². The van der Waals surface area contributed by atoms with Crippen molar-refractivity contribution < 1.29 is 5.11 Å². The lowest BCUT2D eigenvalue weighted by atomic mass is 9.78. The predicted molar refractivity (Wildman–Crippen MR) is 53.2 cm³/mol. The topological polar surface area (TPSA) is 46.2 Å². The Labute approximate surface area is 80.5 Å². The fourth-order valence-electron chi connectivity index (χ4n) is 2.78. The summed E-state index contributed by atoms with van der Waals surface area (Å²) in [5, 5.41) is 10.1. The lowest BCUT2D eigenvalue weighted by Gasteiger charge is -2.33. The van der Waals surface area contributed by atoms with Gasteiger partial charge in [-0.25, -0.2) is 0 Å². The summed E-state index contributed by atoms with van der Waals surface area (Å²) in [5.74, 6) is 2.43. The van der Waals surface area contributed by atoms with Crippen molar-refractivity contribution in [2.24, 2.45) is 28.9 Å². The zero-order chi connectivity index (χ0) is 9.64. The van der Waals surface area contributed by atoms with E-state index in [1.165, 1.54) is 19.3 Å². The highest BCUT2D eigenvalue weighted by molar-refractivity contribution is 5.00. The van der Waals surface area contributed by atoms with E-state index in [0.29, 0.717) is 12.5 Å². The van der Waals surface area contributed by atoms with E-state index in [4.69, 9.17) is 5.73 Å². The van der Waals surface area contributed by atoms with E-state index >= 15 is 0 Å². The molecule has 0 radical (unpaired) electrons. The Hall–Kier alpha value is -0.0800. The quantitative estimate of drug-likeness (QED) is 0.694. The van der Waals surface area contributed by atoms with Crippen molar-refractivity contribution in [2.75, 3.05) is 6.54 Å². The molecule has 0 aromatic carbocycles. The lowest BCUT2D eigenvalue weighted by molar-refractivity contribution is 0.00428. The third-order valence-electron chi connectivity index (χ3n) is 4.05. The van der Waals surface area contributed by atoms with E-state index in [0.717, 1.165) is 11.8 Å². The summed E-state index contributed by atoms with van der Waals surface area (Å²) in [6, 6.07) is 0. The minimum absolute atomic E-state index is 0.0958. The smallest absolute Gasteiger partial charge is 0.0631 e. The summed E-state index contributed by atoms with van der Waals surface area (Å²) in [6.45, 7) is 4.73. The largest absolute Gasteiger partial charge is 0.392 e. The van der Waals surface area contributed by atoms with Crippen molar-refractivity contribution in [3.8, 4) is 0 Å². The summed E-state index contributed by atoms with van der Waals surface area (Å²) >= 11 is 0. The van der Waals surface area contributed by atoms with Crippen LogP contribution in [-0.4, -0.2) is 17.8 Å². The Morgan fingerprint density at radius 1 is 1.31 bits per heavy atom. The average Bonchev–Trinajstić information content (AvgIpc) is 2.72. The molecule has 0 aliphatic heterocycles. The van der Waals surface area contributed by atoms with Gasteiger partial charge in [-0.15, -0.1) is 0 Å². The van der Waals surface area contributed by atoms with Crippen LogP contribution in [0.3, 0.4) is 0 Å². The molecular formula is C11H21NO. The van der Waals surface area contributed by atoms with Crippen molar-refractivity contribution in [1.82, 2.24) is 0 Å². The Morgan fingerprint density at radius 2 is 1.85 bits per heavy atom. The monoisotopic (exact) mass is 183 g/mol. The van der Waals surface area contributed by atoms with E-state index in [1.807, 2.05) is 0 Å². The number of aliphatic hydroxyl groups is 1. The molecule has 2 saturated carbocycles. The molecule has 0 aromatic rings. The van der Waals surface area contributed by atoms with E-state index < -0.39 is 0 Å². The lowest BCUT2D eigenvalue weighted by Crippen LogP contribution is -2.41. The molecule has 0 saturated heterocycles. The predicted octanol–water partition coefficient (Wildman–Crippen LogP) is 1.38. The molecule has 76 valence electrons. The molecule has 0 aromatic heterocycles. The normalized spacial score (nSPS) is 40.2. The third-order valence-corrected chi connectivity index (χ3v) is 4.05. The van der Waals surface area contributed by atoms with Crippen LogP contribution in [0.5, 0.6) is 0 Å². The Morgan fingerprint density at radius 3 is 2.31 bits per heavy atom. The molecule has 2 aliphatic carbocycles. The van der Waals surface area contributed by atoms with Gasteiger partial charge < -0.3 is 10.8 Å². The Balaban J connectivity index is 1.93. The zero-order valence-corrected chi connectivity index (χ0v) is 8.66. The van der Waals surface area contributed by atoms with Crippen molar-refractivity contribution in [2.45, 2.75) is 39.2 Å². The molecular weight excluding hydrogens is 162 g/mol. The fraction of sp³-hybridized carbons (Fsp3) is 1.00. The Bertz CT molecular complexity index is 192. The first-order chi connectivity index (χ1) is 6.04. The molecule has 13 heavy (non-hydrogen) atoms. The minimum atomic E-state index is -0.190. The number of fused-ring (bicyclic) bond motifs is 1. The number of aliphatic hydroxyl groups excluding tert-OH is 1. The van der Waals surface area contributed by atoms with Crippen molar-refractivity contribution in [3.63, 3.8) is 0 Å². The molecule has 3 atom stereocenters. The minimum Gasteiger partial charge on any atom is -0.392 e. The van der Waals surface area contributed by atoms with E-state index in [-0.39, 0.29) is 11.5 Å². The van der Waals surface area contributed by atoms with Crippen LogP contribution in [-0.2, 0) is 0 Å². The number of hydrogen-bond acceptors (Lipinski definition) is 2. The first kappa shape index (κ1) is 9.47. The maximum Gasteiger partial charge on any atom is 0.0631 e. The molecule has 0 amide bonds. The highest BCUT2D eigenvalue weighted by Gasteiger charge is 2.49. The molecule has 3 unspecified atom stereocenters. The summed E-state index contributed by atoms with van der Waals surface area (Å²) in [5.41, 5.74) is 5.56. The summed E-state index contributed by atoms with van der Waals surface area (Å²) in [6.07, 6.45) is 3.72. The van der Waals surface area contributed by atoms with Gasteiger partial charge in [0.25, 0.3) is 0 Å². The van der Waals surface area contributed by atoms with Crippen LogP contribution in [0, 0.1) is 23.2 Å². The zero-order valence-electron chi connectivity index (χ0n) is 8.66. The SMILES string of the molecule is CC(C)(CN)C(O)C1CC2CC2C1. The molecule has 0 bridgehead atoms. The molecule has 2 heteroatoms. The van der Waals surface area contributed by atoms with Gasteiger partial charge in [0.05, 0.1) is 6.10 Å². The van der Waals surface area contributed by atoms with E-state index in [2.05, 4.69) is 13.8 Å². The van der Waals surface area contributed by atoms with Gasteiger partial charge in [-0.2, -0.15) is 0 Å². The van der Waals surface area contributed by atoms with Crippen LogP contribution in [0.1, 0.15) is 33.1 Å². The highest BCUT2D eigenvalue weighted by Crippen LogP contribution is 2.56. The van der Waals surface area contributed by atoms with Gasteiger partial charge in [-0.3, -0.25) is 0 Å². The van der Waals surface area contributed by atoms with Crippen LogP contribution >= 0.6 is 0 Å². The molecule has 0 heterocycles. The second-order valence-electron chi connectivity index (χ2n) is 5.62. The van der Waals surface area contributed by atoms with Crippen molar-refractivity contribution in [3.05, 3.63) is 0 Å². The van der Waals surface area contributed by atoms with Crippen molar-refractivity contribution in [1.29, 1.82) is 0 Å². The van der Waals surface area contributed by atoms with Gasteiger partial charge in [-0.1, -0.05) is 13.8 Å². The maximum atomic E-state index is 10.1. The average molecular weight is 183 g/mol. The molecule has 2 nitrogen and oxygen atoms in total. The second kappa shape index (κ2) is 2.96. The summed E-state index contributed by atoms with van der Waals surface area (Å²) in [4.78, 5) is 0. The first-order valence-corrected chi connectivity index (χ1v) is 5.42. The van der Waals surface area contributed by atoms with Crippen LogP contribution in [0.2, 0.25) is 0 Å². The maximum absolute atomic E-state index is 10.1. The summed E-state index contributed by atoms with van der Waals surface area (Å²) in [7, 11) is 0. The highest BCUT2D eigenvalue weighted by atomic mass is 16.3. The van der Waals surface area contributed by atoms with Crippen LogP contribution in [0.4, 0.5) is 0 Å². The van der Waals surface area contributed by atoms with Gasteiger partial charge >= 0.3 is 0 Å². The molecule has 2 fully saturated rings. The fourth-order valence-corrected chi connectivity index (χ4v) is 2.78. The second-order valence-corrected chi connectivity index (χ2v) is 5.62. The molecule has 3 N–H and O–H groups in total. The van der Waals surface area contributed by atoms with Gasteiger partial charge in [0.1, 0.15) is 0 Å². The number of nitrogens with two attached hydrogens (primary N) is 1. The van der Waals surface area contributed by atoms with Gasteiger partial charge in [0.2, 0.25) is 0 Å². The van der Waals surface area contributed by atoms with Crippen LogP contribution < -0.4 is 5.73 Å². The Kier molecular flexibility index (Phi) is 2.16. The van der Waals surface area contributed by atoms with Gasteiger partial charge in [-0.05, 0) is 43.6 Å². The molecule has 0 spiro atoms. The van der Waals surface area contributed by atoms with Gasteiger partial charge in [0, 0.05) is 5.41 Å². The molecule has 2 aliphatic rings. The van der Waals surface area contributed by atoms with Crippen LogP contribution in [0.25, 0.3) is 0 Å². The standard InChI is InChI=1S/C11H21NO/c1-11(2,6-12)10(13)9-4-7-3-8(7)5-9/h7-10,13H,3-6,12H2,1-2H3. The molecule has 2 rings (SSSR count). The van der Waals surface area contributed by atoms with E-state index in [9.17, 15) is 5.11 Å². The third kappa shape index (κ3) is 1.62. The van der Waals surface area contributed by atoms with Gasteiger partial charge in [0.15, 0.2) is 0 Å². The number of hydrogen-bond donors (Lipinski definition) is 2.